The van der Waals surface area contributed by atoms with Crippen LogP contribution in [0.5, 0.6) is 0 Å². The number of amides is 1. The second-order valence-corrected chi connectivity index (χ2v) is 9.81. The minimum absolute atomic E-state index is 0.0976. The minimum atomic E-state index is -1.36. The highest BCUT2D eigenvalue weighted by molar-refractivity contribution is 6.04. The summed E-state index contributed by atoms with van der Waals surface area (Å²) in [5.41, 5.74) is 4.22. The van der Waals surface area contributed by atoms with Crippen molar-refractivity contribution in [2.24, 2.45) is 7.05 Å². The Bertz CT molecular complexity index is 1420. The Balaban J connectivity index is 1.59. The van der Waals surface area contributed by atoms with Crippen LogP contribution in [0.3, 0.4) is 0 Å². The molecule has 1 fully saturated rings. The lowest BCUT2D eigenvalue weighted by Gasteiger charge is -2.37. The molecule has 1 saturated heterocycles. The van der Waals surface area contributed by atoms with E-state index in [9.17, 15) is 25.4 Å². The van der Waals surface area contributed by atoms with Crippen LogP contribution < -0.4 is 10.2 Å². The van der Waals surface area contributed by atoms with Gasteiger partial charge in [0.1, 0.15) is 30.0 Å². The second-order valence-electron chi connectivity index (χ2n) is 9.81. The lowest BCUT2D eigenvalue weighted by molar-refractivity contribution is -0.163. The third kappa shape index (κ3) is 5.56. The summed E-state index contributed by atoms with van der Waals surface area (Å²) in [6.45, 7) is 7.34. The maximum Gasteiger partial charge on any atom is 0.262 e. The number of aliphatic hydroxyl groups excluding tert-OH is 3. The summed E-state index contributed by atoms with van der Waals surface area (Å²) in [5, 5.41) is 44.4. The molecule has 3 aromatic rings. The number of anilines is 1. The molecule has 0 radical (unpaired) electrons. The van der Waals surface area contributed by atoms with Gasteiger partial charge in [-0.25, -0.2) is 0 Å². The number of benzene rings is 2. The summed E-state index contributed by atoms with van der Waals surface area (Å²) in [7, 11) is 1.89. The largest absolute Gasteiger partial charge is 0.394 e. The van der Waals surface area contributed by atoms with Crippen molar-refractivity contribution in [3.63, 3.8) is 0 Å². The molecular formula is C30H36N4O5. The zero-order chi connectivity index (χ0) is 28.3. The van der Waals surface area contributed by atoms with Crippen LogP contribution in [0.25, 0.3) is 27.6 Å². The number of carbonyl (C=O) groups excluding carboxylic acids is 1. The number of allylic oxidation sites excluding steroid dienone is 1. The molecule has 4 atom stereocenters. The first-order chi connectivity index (χ1) is 18.7. The van der Waals surface area contributed by atoms with Crippen molar-refractivity contribution in [2.75, 3.05) is 31.2 Å². The smallest absolute Gasteiger partial charge is 0.262 e. The van der Waals surface area contributed by atoms with Crippen LogP contribution in [-0.2, 0) is 16.6 Å². The molecule has 1 aliphatic rings. The van der Waals surface area contributed by atoms with E-state index in [-0.39, 0.29) is 12.2 Å². The van der Waals surface area contributed by atoms with Crippen molar-refractivity contribution in [2.45, 2.75) is 45.1 Å². The predicted octanol–water partition coefficient (Wildman–Crippen LogP) is 2.59. The number of fused-ring (bicyclic) bond motifs is 1. The Morgan fingerprint density at radius 3 is 2.46 bits per heavy atom. The summed E-state index contributed by atoms with van der Waals surface area (Å²) in [6.07, 6.45) is -3.62. The van der Waals surface area contributed by atoms with Gasteiger partial charge in [0.05, 0.1) is 19.3 Å². The molecule has 2 aromatic carbocycles. The Kier molecular flexibility index (Phi) is 8.73. The van der Waals surface area contributed by atoms with Crippen molar-refractivity contribution < 1.29 is 24.9 Å². The molecule has 2 heterocycles. The van der Waals surface area contributed by atoms with Crippen LogP contribution in [0.1, 0.15) is 26.5 Å². The molecule has 39 heavy (non-hydrogen) atoms. The van der Waals surface area contributed by atoms with Crippen LogP contribution in [0.15, 0.2) is 54.1 Å². The first kappa shape index (κ1) is 28.3. The lowest BCUT2D eigenvalue weighted by atomic mass is 9.97. The van der Waals surface area contributed by atoms with Crippen molar-refractivity contribution >= 4 is 27.9 Å². The number of ether oxygens (including phenoxy) is 1. The fourth-order valence-electron chi connectivity index (χ4n) is 5.20. The lowest BCUT2D eigenvalue weighted by Crippen LogP contribution is -2.60. The van der Waals surface area contributed by atoms with Crippen LogP contribution in [0.4, 0.5) is 5.69 Å². The van der Waals surface area contributed by atoms with E-state index in [1.54, 1.807) is 6.92 Å². The number of carbonyl (C=O) groups is 1. The monoisotopic (exact) mass is 532 g/mol. The zero-order valence-electron chi connectivity index (χ0n) is 22.8. The molecule has 0 saturated carbocycles. The molecule has 206 valence electrons. The Morgan fingerprint density at radius 2 is 1.79 bits per heavy atom. The second kappa shape index (κ2) is 12.0. The van der Waals surface area contributed by atoms with Gasteiger partial charge in [-0.05, 0) is 73.0 Å². The van der Waals surface area contributed by atoms with E-state index in [4.69, 9.17) is 4.74 Å². The Morgan fingerprint density at radius 1 is 1.10 bits per heavy atom. The van der Waals surface area contributed by atoms with E-state index in [1.807, 2.05) is 29.8 Å². The fraction of sp³-hybridized carbons (Fsp3) is 0.400. The van der Waals surface area contributed by atoms with Gasteiger partial charge in [0.25, 0.3) is 5.91 Å². The normalized spacial score (nSPS) is 21.8. The van der Waals surface area contributed by atoms with E-state index >= 15 is 0 Å². The van der Waals surface area contributed by atoms with Gasteiger partial charge in [0, 0.05) is 37.2 Å². The van der Waals surface area contributed by atoms with Crippen LogP contribution >= 0.6 is 0 Å². The predicted molar refractivity (Wildman–Crippen MR) is 151 cm³/mol. The highest BCUT2D eigenvalue weighted by atomic mass is 16.5. The molecular weight excluding hydrogens is 496 g/mol. The van der Waals surface area contributed by atoms with Gasteiger partial charge in [0.2, 0.25) is 0 Å². The van der Waals surface area contributed by atoms with E-state index in [1.165, 1.54) is 5.69 Å². The molecule has 0 bridgehead atoms. The van der Waals surface area contributed by atoms with E-state index < -0.39 is 36.9 Å². The summed E-state index contributed by atoms with van der Waals surface area (Å²) in [5.74, 6) is -0.672. The van der Waals surface area contributed by atoms with Gasteiger partial charge in [-0.2, -0.15) is 5.26 Å². The summed E-state index contributed by atoms with van der Waals surface area (Å²) >= 11 is 0. The summed E-state index contributed by atoms with van der Waals surface area (Å²) < 4.78 is 7.28. The average molecular weight is 533 g/mol. The molecule has 1 amide bonds. The highest BCUT2D eigenvalue weighted by Gasteiger charge is 2.39. The topological polar surface area (TPSA) is 131 Å². The first-order valence-corrected chi connectivity index (χ1v) is 13.2. The molecule has 9 nitrogen and oxygen atoms in total. The summed E-state index contributed by atoms with van der Waals surface area (Å²) in [6, 6.07) is 17.7. The van der Waals surface area contributed by atoms with E-state index in [0.29, 0.717) is 11.3 Å². The average Bonchev–Trinajstić information content (AvgIpc) is 3.33. The molecule has 1 aromatic heterocycles. The fourth-order valence-corrected chi connectivity index (χ4v) is 5.20. The number of nitrogens with one attached hydrogen (secondary N) is 1. The molecule has 0 unspecified atom stereocenters. The van der Waals surface area contributed by atoms with Gasteiger partial charge in [-0.3, -0.25) is 4.79 Å². The first-order valence-electron chi connectivity index (χ1n) is 13.2. The maximum atomic E-state index is 13.0. The molecule has 4 N–H and O–H groups in total. The van der Waals surface area contributed by atoms with Crippen LogP contribution in [0.2, 0.25) is 0 Å². The Hall–Kier alpha value is -3.68. The van der Waals surface area contributed by atoms with Gasteiger partial charge >= 0.3 is 0 Å². The van der Waals surface area contributed by atoms with Crippen molar-refractivity contribution in [3.05, 3.63) is 59.8 Å². The van der Waals surface area contributed by atoms with Gasteiger partial charge in [0.15, 0.2) is 0 Å². The molecule has 0 aliphatic carbocycles. The summed E-state index contributed by atoms with van der Waals surface area (Å²) in [4.78, 5) is 15.3. The molecule has 0 spiro atoms. The van der Waals surface area contributed by atoms with Gasteiger partial charge in [-0.1, -0.05) is 18.2 Å². The Labute approximate surface area is 228 Å². The number of rotatable bonds is 8. The number of hydrogen-bond acceptors (Lipinski definition) is 7. The zero-order valence-corrected chi connectivity index (χ0v) is 22.8. The van der Waals surface area contributed by atoms with Gasteiger partial charge in [-0.15, -0.1) is 0 Å². The molecule has 4 rings (SSSR count). The number of aliphatic hydroxyl groups is 3. The number of nitriles is 1. The van der Waals surface area contributed by atoms with E-state index in [2.05, 4.69) is 60.5 Å². The molecule has 1 aliphatic heterocycles. The number of hydrogen-bond donors (Lipinski definition) is 4. The van der Waals surface area contributed by atoms with E-state index in [0.717, 1.165) is 35.1 Å². The minimum Gasteiger partial charge on any atom is -0.394 e. The number of aromatic nitrogens is 1. The number of nitrogens with zero attached hydrogens (tertiary/aromatic N) is 3. The third-order valence-electron chi connectivity index (χ3n) is 7.60. The quantitative estimate of drug-likeness (QED) is 0.259. The van der Waals surface area contributed by atoms with Crippen LogP contribution in [0, 0.1) is 11.3 Å². The standard InChI is InChI=1S/C30H36N4O5/c1-5-34(6-2)22-10-9-19-13-21(8-7-20(19)14-22)26-12-11-25(33(26)4)18(3)23(15-31)30(38)32-24-17-39-27(16-35)29(37)28(24)36/h7-14,24,27-29,35-37H,5-6,16-17H2,1-4H3,(H,32,38)/b23-18+/t24-,27+,28+,29+/m0/s1. The van der Waals surface area contributed by atoms with Gasteiger partial charge < -0.3 is 34.8 Å². The molecule has 9 heteroatoms. The SMILES string of the molecule is CCN(CC)c1ccc2cc(-c3ccc(/C(C)=C(\C#N)C(=O)N[C@H]4CO[C@H](CO)[C@@H](O)[C@@H]4O)n3C)ccc2c1. The highest BCUT2D eigenvalue weighted by Crippen LogP contribution is 2.31. The maximum absolute atomic E-state index is 13.0. The third-order valence-corrected chi connectivity index (χ3v) is 7.60. The van der Waals surface area contributed by atoms with Crippen molar-refractivity contribution in [1.29, 1.82) is 5.26 Å². The van der Waals surface area contributed by atoms with Crippen molar-refractivity contribution in [1.82, 2.24) is 9.88 Å². The van der Waals surface area contributed by atoms with Crippen molar-refractivity contribution in [3.8, 4) is 17.3 Å². The van der Waals surface area contributed by atoms with Crippen LogP contribution in [-0.4, -0.2) is 76.5 Å².